The van der Waals surface area contributed by atoms with Gasteiger partial charge in [-0.1, -0.05) is 0 Å². The fourth-order valence-corrected chi connectivity index (χ4v) is 5.71. The van der Waals surface area contributed by atoms with Gasteiger partial charge in [-0.05, 0) is 39.8 Å². The second-order valence-electron chi connectivity index (χ2n) is 7.80. The average Bonchev–Trinajstić information content (AvgIpc) is 3.07. The Morgan fingerprint density at radius 2 is 1.71 bits per heavy atom. The van der Waals surface area contributed by atoms with Crippen molar-refractivity contribution in [2.45, 2.75) is 38.6 Å². The molecule has 10 heteroatoms. The normalized spacial score (nSPS) is 15.4. The Balaban J connectivity index is 1.77. The first-order valence-electron chi connectivity index (χ1n) is 10.2. The lowest BCUT2D eigenvalue weighted by Crippen LogP contribution is -2.50. The smallest absolute Gasteiger partial charge is 0.257 e. The van der Waals surface area contributed by atoms with Gasteiger partial charge in [0.1, 0.15) is 16.4 Å². The molecule has 0 aliphatic carbocycles. The zero-order chi connectivity index (χ0) is 22.9. The number of aromatic nitrogens is 2. The molecule has 0 radical (unpaired) electrons. The molecule has 2 aromatic rings. The maximum absolute atomic E-state index is 13.3. The van der Waals surface area contributed by atoms with E-state index >= 15 is 0 Å². The van der Waals surface area contributed by atoms with Crippen molar-refractivity contribution in [3.63, 3.8) is 0 Å². The second kappa shape index (κ2) is 8.88. The number of carbonyl (C=O) groups is 1. The number of amides is 1. The number of methoxy groups -OCH3 is 2. The Morgan fingerprint density at radius 3 is 2.23 bits per heavy atom. The summed E-state index contributed by atoms with van der Waals surface area (Å²) >= 11 is 0. The molecule has 0 atom stereocenters. The minimum absolute atomic E-state index is 0.0663. The van der Waals surface area contributed by atoms with Gasteiger partial charge in [0.2, 0.25) is 10.0 Å². The molecular formula is C21H30N4O5S. The summed E-state index contributed by atoms with van der Waals surface area (Å²) in [6.45, 7) is 8.46. The number of sulfonamides is 1. The standard InChI is InChI=1S/C21H30N4O5S/c1-14(2)25-16(4)20(15(3)22-25)31(27,28)24-11-9-23(10-12-24)21(26)18-8-7-17(29-5)13-19(18)30-6/h7-8,13-14H,9-12H2,1-6H3. The number of rotatable bonds is 6. The number of aryl methyl sites for hydroxylation is 1. The highest BCUT2D eigenvalue weighted by Crippen LogP contribution is 2.28. The van der Waals surface area contributed by atoms with E-state index in [2.05, 4.69) is 5.10 Å². The van der Waals surface area contributed by atoms with Gasteiger partial charge in [-0.3, -0.25) is 9.48 Å². The third-order valence-electron chi connectivity index (χ3n) is 5.51. The Kier molecular flexibility index (Phi) is 6.61. The summed E-state index contributed by atoms with van der Waals surface area (Å²) < 4.78 is 40.3. The lowest BCUT2D eigenvalue weighted by Gasteiger charge is -2.34. The van der Waals surface area contributed by atoms with Crippen LogP contribution in [-0.4, -0.2) is 73.7 Å². The van der Waals surface area contributed by atoms with Gasteiger partial charge < -0.3 is 14.4 Å². The van der Waals surface area contributed by atoms with Crippen molar-refractivity contribution in [1.82, 2.24) is 19.0 Å². The molecule has 0 N–H and O–H groups in total. The van der Waals surface area contributed by atoms with Crippen molar-refractivity contribution in [1.29, 1.82) is 0 Å². The molecule has 1 aromatic heterocycles. The van der Waals surface area contributed by atoms with Crippen LogP contribution in [0.4, 0.5) is 0 Å². The molecule has 1 aromatic carbocycles. The molecule has 1 aliphatic rings. The molecule has 9 nitrogen and oxygen atoms in total. The maximum Gasteiger partial charge on any atom is 0.257 e. The molecule has 0 bridgehead atoms. The van der Waals surface area contributed by atoms with E-state index in [-0.39, 0.29) is 29.9 Å². The van der Waals surface area contributed by atoms with Crippen LogP contribution >= 0.6 is 0 Å². The first kappa shape index (κ1) is 23.1. The summed E-state index contributed by atoms with van der Waals surface area (Å²) in [7, 11) is -0.657. The SMILES string of the molecule is COc1ccc(C(=O)N2CCN(S(=O)(=O)c3c(C)nn(C(C)C)c3C)CC2)c(OC)c1. The molecule has 0 spiro atoms. The third-order valence-corrected chi connectivity index (χ3v) is 7.66. The lowest BCUT2D eigenvalue weighted by atomic mass is 10.1. The summed E-state index contributed by atoms with van der Waals surface area (Å²) in [5.74, 6) is 0.820. The van der Waals surface area contributed by atoms with E-state index in [9.17, 15) is 13.2 Å². The molecule has 1 aliphatic heterocycles. The van der Waals surface area contributed by atoms with E-state index in [1.807, 2.05) is 13.8 Å². The van der Waals surface area contributed by atoms with Gasteiger partial charge in [-0.25, -0.2) is 8.42 Å². The summed E-state index contributed by atoms with van der Waals surface area (Å²) in [5, 5.41) is 4.41. The van der Waals surface area contributed by atoms with Crippen LogP contribution in [0.3, 0.4) is 0 Å². The molecule has 1 fully saturated rings. The average molecular weight is 451 g/mol. The van der Waals surface area contributed by atoms with Crippen LogP contribution in [0.5, 0.6) is 11.5 Å². The monoisotopic (exact) mass is 450 g/mol. The first-order valence-corrected chi connectivity index (χ1v) is 11.6. The Morgan fingerprint density at radius 1 is 1.06 bits per heavy atom. The largest absolute Gasteiger partial charge is 0.497 e. The van der Waals surface area contributed by atoms with Crippen molar-refractivity contribution in [2.75, 3.05) is 40.4 Å². The Bertz CT molecular complexity index is 1070. The molecule has 2 heterocycles. The van der Waals surface area contributed by atoms with E-state index in [0.717, 1.165) is 0 Å². The van der Waals surface area contributed by atoms with Crippen LogP contribution in [0.15, 0.2) is 23.1 Å². The van der Waals surface area contributed by atoms with Crippen LogP contribution in [0.25, 0.3) is 0 Å². The Hall–Kier alpha value is -2.59. The topological polar surface area (TPSA) is 94.0 Å². The molecule has 3 rings (SSSR count). The summed E-state index contributed by atoms with van der Waals surface area (Å²) in [6.07, 6.45) is 0. The summed E-state index contributed by atoms with van der Waals surface area (Å²) in [4.78, 5) is 14.9. The molecule has 1 saturated heterocycles. The number of benzene rings is 1. The zero-order valence-corrected chi connectivity index (χ0v) is 19.7. The number of hydrogen-bond donors (Lipinski definition) is 0. The van der Waals surface area contributed by atoms with Crippen LogP contribution in [0.1, 0.15) is 41.6 Å². The van der Waals surface area contributed by atoms with Crippen molar-refractivity contribution >= 4 is 15.9 Å². The highest BCUT2D eigenvalue weighted by atomic mass is 32.2. The van der Waals surface area contributed by atoms with Crippen LogP contribution in [0, 0.1) is 13.8 Å². The first-order chi connectivity index (χ1) is 14.6. The van der Waals surface area contributed by atoms with Crippen molar-refractivity contribution < 1.29 is 22.7 Å². The number of piperazine rings is 1. The second-order valence-corrected chi connectivity index (χ2v) is 9.68. The van der Waals surface area contributed by atoms with Crippen molar-refractivity contribution in [2.24, 2.45) is 0 Å². The molecule has 170 valence electrons. The highest BCUT2D eigenvalue weighted by molar-refractivity contribution is 7.89. The lowest BCUT2D eigenvalue weighted by molar-refractivity contribution is 0.0694. The quantitative estimate of drug-likeness (QED) is 0.670. The molecule has 1 amide bonds. The van der Waals surface area contributed by atoms with Crippen molar-refractivity contribution in [3.8, 4) is 11.5 Å². The summed E-state index contributed by atoms with van der Waals surface area (Å²) in [6, 6.07) is 5.09. The van der Waals surface area contributed by atoms with E-state index in [1.54, 1.807) is 48.7 Å². The number of ether oxygens (including phenoxy) is 2. The van der Waals surface area contributed by atoms with Gasteiger partial charge in [0, 0.05) is 38.3 Å². The molecule has 0 unspecified atom stereocenters. The van der Waals surface area contributed by atoms with E-state index in [1.165, 1.54) is 11.4 Å². The Labute approximate surface area is 183 Å². The van der Waals surface area contributed by atoms with Gasteiger partial charge in [0.05, 0.1) is 31.2 Å². The zero-order valence-electron chi connectivity index (χ0n) is 18.9. The molecule has 31 heavy (non-hydrogen) atoms. The third kappa shape index (κ3) is 4.27. The fraction of sp³-hybridized carbons (Fsp3) is 0.524. The van der Waals surface area contributed by atoms with Crippen molar-refractivity contribution in [3.05, 3.63) is 35.2 Å². The fourth-order valence-electron chi connectivity index (χ4n) is 3.93. The predicted octanol–water partition coefficient (Wildman–Crippen LogP) is 2.24. The van der Waals surface area contributed by atoms with E-state index in [0.29, 0.717) is 41.5 Å². The number of carbonyl (C=O) groups excluding carboxylic acids is 1. The molecule has 0 saturated carbocycles. The van der Waals surface area contributed by atoms with Gasteiger partial charge in [-0.2, -0.15) is 9.40 Å². The van der Waals surface area contributed by atoms with Crippen LogP contribution < -0.4 is 9.47 Å². The van der Waals surface area contributed by atoms with E-state index in [4.69, 9.17) is 9.47 Å². The number of nitrogens with zero attached hydrogens (tertiary/aromatic N) is 4. The minimum atomic E-state index is -3.70. The van der Waals surface area contributed by atoms with Crippen LogP contribution in [0.2, 0.25) is 0 Å². The van der Waals surface area contributed by atoms with Crippen LogP contribution in [-0.2, 0) is 10.0 Å². The van der Waals surface area contributed by atoms with Gasteiger partial charge in [-0.15, -0.1) is 0 Å². The predicted molar refractivity (Wildman–Crippen MR) is 116 cm³/mol. The van der Waals surface area contributed by atoms with E-state index < -0.39 is 10.0 Å². The van der Waals surface area contributed by atoms with Gasteiger partial charge in [0.15, 0.2) is 0 Å². The molecular weight excluding hydrogens is 420 g/mol. The van der Waals surface area contributed by atoms with Gasteiger partial charge >= 0.3 is 0 Å². The highest BCUT2D eigenvalue weighted by Gasteiger charge is 2.35. The summed E-state index contributed by atoms with van der Waals surface area (Å²) in [5.41, 5.74) is 1.55. The minimum Gasteiger partial charge on any atom is -0.497 e. The number of hydrogen-bond acceptors (Lipinski definition) is 6. The maximum atomic E-state index is 13.3. The van der Waals surface area contributed by atoms with Gasteiger partial charge in [0.25, 0.3) is 5.91 Å².